The Hall–Kier alpha value is -1.19. The van der Waals surface area contributed by atoms with Crippen molar-refractivity contribution >= 4 is 11.3 Å². The molecule has 2 nitrogen and oxygen atoms in total. The second-order valence-electron chi connectivity index (χ2n) is 3.38. The molecule has 15 heavy (non-hydrogen) atoms. The highest BCUT2D eigenvalue weighted by molar-refractivity contribution is 7.07. The molecule has 0 saturated carbocycles. The van der Waals surface area contributed by atoms with E-state index in [1.54, 1.807) is 11.3 Å². The van der Waals surface area contributed by atoms with Crippen LogP contribution in [0.2, 0.25) is 0 Å². The van der Waals surface area contributed by atoms with Crippen LogP contribution in [0.4, 0.5) is 0 Å². The second kappa shape index (κ2) is 5.63. The van der Waals surface area contributed by atoms with Gasteiger partial charge in [-0.05, 0) is 47.5 Å². The standard InChI is InChI=1S/C12H14N2S/c1-2-6-14-12(3-1)9-13-7-4-11-5-8-15-10-11/h1-3,5-6,8,10,13H,4,7,9H2. The Kier molecular flexibility index (Phi) is 3.88. The fourth-order valence-corrected chi connectivity index (χ4v) is 2.09. The lowest BCUT2D eigenvalue weighted by atomic mass is 10.2. The molecule has 0 aromatic carbocycles. The molecular weight excluding hydrogens is 204 g/mol. The van der Waals surface area contributed by atoms with Gasteiger partial charge in [0, 0.05) is 12.7 Å². The highest BCUT2D eigenvalue weighted by Crippen LogP contribution is 2.05. The lowest BCUT2D eigenvalue weighted by Gasteiger charge is -2.02. The average molecular weight is 218 g/mol. The van der Waals surface area contributed by atoms with Crippen LogP contribution in [0.1, 0.15) is 11.3 Å². The summed E-state index contributed by atoms with van der Waals surface area (Å²) in [6.45, 7) is 1.86. The molecule has 0 spiro atoms. The van der Waals surface area contributed by atoms with E-state index in [4.69, 9.17) is 0 Å². The number of nitrogens with one attached hydrogen (secondary N) is 1. The molecule has 78 valence electrons. The zero-order valence-electron chi connectivity index (χ0n) is 8.52. The van der Waals surface area contributed by atoms with E-state index in [2.05, 4.69) is 27.1 Å². The molecule has 0 aliphatic carbocycles. The molecular formula is C12H14N2S. The van der Waals surface area contributed by atoms with Crippen molar-refractivity contribution in [2.45, 2.75) is 13.0 Å². The van der Waals surface area contributed by atoms with Crippen LogP contribution in [0.5, 0.6) is 0 Å². The summed E-state index contributed by atoms with van der Waals surface area (Å²) in [6, 6.07) is 8.17. The van der Waals surface area contributed by atoms with Gasteiger partial charge in [-0.15, -0.1) is 0 Å². The van der Waals surface area contributed by atoms with Gasteiger partial charge in [0.05, 0.1) is 5.69 Å². The predicted molar refractivity (Wildman–Crippen MR) is 64.0 cm³/mol. The van der Waals surface area contributed by atoms with Crippen LogP contribution in [0.3, 0.4) is 0 Å². The molecule has 0 unspecified atom stereocenters. The van der Waals surface area contributed by atoms with Crippen LogP contribution in [-0.2, 0) is 13.0 Å². The van der Waals surface area contributed by atoms with Gasteiger partial charge in [0.15, 0.2) is 0 Å². The van der Waals surface area contributed by atoms with Gasteiger partial charge in [0.25, 0.3) is 0 Å². The molecule has 2 heterocycles. The second-order valence-corrected chi connectivity index (χ2v) is 4.16. The van der Waals surface area contributed by atoms with E-state index < -0.39 is 0 Å². The van der Waals surface area contributed by atoms with Crippen molar-refractivity contribution in [3.8, 4) is 0 Å². The molecule has 0 atom stereocenters. The Morgan fingerprint density at radius 3 is 3.00 bits per heavy atom. The summed E-state index contributed by atoms with van der Waals surface area (Å²) >= 11 is 1.75. The summed E-state index contributed by atoms with van der Waals surface area (Å²) in [5.74, 6) is 0. The van der Waals surface area contributed by atoms with Crippen LogP contribution in [0.15, 0.2) is 41.2 Å². The molecule has 0 fully saturated rings. The third kappa shape index (κ3) is 3.46. The van der Waals surface area contributed by atoms with E-state index in [0.29, 0.717) is 0 Å². The number of hydrogen-bond acceptors (Lipinski definition) is 3. The predicted octanol–water partition coefficient (Wildman–Crippen LogP) is 2.48. The quantitative estimate of drug-likeness (QED) is 0.780. The zero-order valence-corrected chi connectivity index (χ0v) is 9.33. The summed E-state index contributed by atoms with van der Waals surface area (Å²) in [6.07, 6.45) is 2.92. The van der Waals surface area contributed by atoms with Crippen molar-refractivity contribution in [2.24, 2.45) is 0 Å². The number of aromatic nitrogens is 1. The van der Waals surface area contributed by atoms with Gasteiger partial charge < -0.3 is 5.32 Å². The van der Waals surface area contributed by atoms with Crippen molar-refractivity contribution in [1.29, 1.82) is 0 Å². The molecule has 1 N–H and O–H groups in total. The van der Waals surface area contributed by atoms with Crippen LogP contribution in [0, 0.1) is 0 Å². The Bertz CT molecular complexity index is 370. The summed E-state index contributed by atoms with van der Waals surface area (Å²) < 4.78 is 0. The first-order chi connectivity index (χ1) is 7.45. The average Bonchev–Trinajstić information content (AvgIpc) is 2.79. The number of hydrogen-bond donors (Lipinski definition) is 1. The molecule has 0 saturated heterocycles. The number of thiophene rings is 1. The highest BCUT2D eigenvalue weighted by atomic mass is 32.1. The largest absolute Gasteiger partial charge is 0.311 e. The van der Waals surface area contributed by atoms with Gasteiger partial charge >= 0.3 is 0 Å². The third-order valence-corrected chi connectivity index (χ3v) is 2.93. The van der Waals surface area contributed by atoms with Crippen molar-refractivity contribution in [3.05, 3.63) is 52.5 Å². The molecule has 0 bridgehead atoms. The molecule has 2 aromatic rings. The van der Waals surface area contributed by atoms with Crippen molar-refractivity contribution in [1.82, 2.24) is 10.3 Å². The maximum Gasteiger partial charge on any atom is 0.0541 e. The highest BCUT2D eigenvalue weighted by Gasteiger charge is 1.94. The molecule has 0 aliphatic rings. The normalized spacial score (nSPS) is 10.4. The number of nitrogens with zero attached hydrogens (tertiary/aromatic N) is 1. The van der Waals surface area contributed by atoms with Gasteiger partial charge in [-0.2, -0.15) is 11.3 Å². The minimum absolute atomic E-state index is 0.852. The van der Waals surface area contributed by atoms with Crippen molar-refractivity contribution in [3.63, 3.8) is 0 Å². The minimum Gasteiger partial charge on any atom is -0.311 e. The lowest BCUT2D eigenvalue weighted by Crippen LogP contribution is -2.17. The van der Waals surface area contributed by atoms with E-state index in [1.165, 1.54) is 5.56 Å². The molecule has 3 heteroatoms. The van der Waals surface area contributed by atoms with Crippen LogP contribution >= 0.6 is 11.3 Å². The fourth-order valence-electron chi connectivity index (χ4n) is 1.39. The summed E-state index contributed by atoms with van der Waals surface area (Å²) in [7, 11) is 0. The SMILES string of the molecule is c1ccc(CNCCc2ccsc2)nc1. The summed E-state index contributed by atoms with van der Waals surface area (Å²) in [4.78, 5) is 4.25. The van der Waals surface area contributed by atoms with Gasteiger partial charge in [-0.1, -0.05) is 6.07 Å². The van der Waals surface area contributed by atoms with Crippen LogP contribution in [0.25, 0.3) is 0 Å². The first kappa shape index (κ1) is 10.3. The topological polar surface area (TPSA) is 24.9 Å². The Morgan fingerprint density at radius 1 is 1.27 bits per heavy atom. The van der Waals surface area contributed by atoms with Gasteiger partial charge in [-0.25, -0.2) is 0 Å². The molecule has 0 amide bonds. The van der Waals surface area contributed by atoms with E-state index in [0.717, 1.165) is 25.2 Å². The van der Waals surface area contributed by atoms with Gasteiger partial charge in [0.1, 0.15) is 0 Å². The monoisotopic (exact) mass is 218 g/mol. The number of rotatable bonds is 5. The smallest absolute Gasteiger partial charge is 0.0541 e. The van der Waals surface area contributed by atoms with E-state index in [9.17, 15) is 0 Å². The lowest BCUT2D eigenvalue weighted by molar-refractivity contribution is 0.675. The van der Waals surface area contributed by atoms with Crippen LogP contribution < -0.4 is 5.32 Å². The fraction of sp³-hybridized carbons (Fsp3) is 0.250. The van der Waals surface area contributed by atoms with E-state index in [1.807, 2.05) is 24.4 Å². The molecule has 0 radical (unpaired) electrons. The van der Waals surface area contributed by atoms with E-state index in [-0.39, 0.29) is 0 Å². The summed E-state index contributed by atoms with van der Waals surface area (Å²) in [5.41, 5.74) is 2.51. The maximum atomic E-state index is 4.25. The van der Waals surface area contributed by atoms with Crippen LogP contribution in [-0.4, -0.2) is 11.5 Å². The number of pyridine rings is 1. The van der Waals surface area contributed by atoms with Crippen molar-refractivity contribution in [2.75, 3.05) is 6.54 Å². The minimum atomic E-state index is 0.852. The first-order valence-electron chi connectivity index (χ1n) is 5.07. The zero-order chi connectivity index (χ0) is 10.3. The molecule has 0 aliphatic heterocycles. The maximum absolute atomic E-state index is 4.25. The Balaban J connectivity index is 1.68. The van der Waals surface area contributed by atoms with E-state index >= 15 is 0 Å². The third-order valence-electron chi connectivity index (χ3n) is 2.20. The van der Waals surface area contributed by atoms with Gasteiger partial charge in [-0.3, -0.25) is 4.98 Å². The Labute approximate surface area is 94.0 Å². The summed E-state index contributed by atoms with van der Waals surface area (Å²) in [5, 5.41) is 7.70. The van der Waals surface area contributed by atoms with Crippen molar-refractivity contribution < 1.29 is 0 Å². The Morgan fingerprint density at radius 2 is 2.27 bits per heavy atom. The first-order valence-corrected chi connectivity index (χ1v) is 6.01. The van der Waals surface area contributed by atoms with Gasteiger partial charge in [0.2, 0.25) is 0 Å². The molecule has 2 aromatic heterocycles. The molecule has 2 rings (SSSR count).